The standard InChI is InChI=1S/C19H21N5O2/c1-3-26-17-7-5-4-6-16(17)22-19-23-18(13-21-24-19)20-12-14-8-10-15(25-2)11-9-14/h4-11,13H,3,12H2,1-2H3,(H2,20,22,23,24). The van der Waals surface area contributed by atoms with Gasteiger partial charge in [0.15, 0.2) is 5.82 Å². The Morgan fingerprint density at radius 3 is 2.62 bits per heavy atom. The molecule has 7 nitrogen and oxygen atoms in total. The van der Waals surface area contributed by atoms with Gasteiger partial charge in [-0.15, -0.1) is 5.10 Å². The van der Waals surface area contributed by atoms with Crippen LogP contribution < -0.4 is 20.1 Å². The second-order valence-corrected chi connectivity index (χ2v) is 5.42. The number of aromatic nitrogens is 3. The lowest BCUT2D eigenvalue weighted by molar-refractivity contribution is 0.342. The first-order valence-corrected chi connectivity index (χ1v) is 8.34. The van der Waals surface area contributed by atoms with E-state index in [9.17, 15) is 0 Å². The molecule has 0 amide bonds. The molecule has 0 fully saturated rings. The van der Waals surface area contributed by atoms with Crippen LogP contribution in [0, 0.1) is 0 Å². The van der Waals surface area contributed by atoms with Crippen LogP contribution in [0.5, 0.6) is 11.5 Å². The van der Waals surface area contributed by atoms with Crippen LogP contribution in [0.3, 0.4) is 0 Å². The smallest absolute Gasteiger partial charge is 0.249 e. The largest absolute Gasteiger partial charge is 0.497 e. The predicted molar refractivity (Wildman–Crippen MR) is 101 cm³/mol. The lowest BCUT2D eigenvalue weighted by Crippen LogP contribution is -2.06. The summed E-state index contributed by atoms with van der Waals surface area (Å²) in [6.45, 7) is 3.15. The molecule has 0 atom stereocenters. The minimum atomic E-state index is 0.400. The molecule has 0 unspecified atom stereocenters. The Labute approximate surface area is 152 Å². The van der Waals surface area contributed by atoms with Crippen molar-refractivity contribution in [3.63, 3.8) is 0 Å². The monoisotopic (exact) mass is 351 g/mol. The van der Waals surface area contributed by atoms with Gasteiger partial charge < -0.3 is 20.1 Å². The number of nitrogens with one attached hydrogen (secondary N) is 2. The van der Waals surface area contributed by atoms with Gasteiger partial charge >= 0.3 is 0 Å². The van der Waals surface area contributed by atoms with Crippen molar-refractivity contribution in [2.24, 2.45) is 0 Å². The molecule has 0 spiro atoms. The molecular formula is C19H21N5O2. The van der Waals surface area contributed by atoms with E-state index in [1.807, 2.05) is 55.5 Å². The fraction of sp³-hybridized carbons (Fsp3) is 0.211. The van der Waals surface area contributed by atoms with Gasteiger partial charge in [-0.25, -0.2) is 0 Å². The minimum absolute atomic E-state index is 0.400. The summed E-state index contributed by atoms with van der Waals surface area (Å²) in [6.07, 6.45) is 1.59. The van der Waals surface area contributed by atoms with E-state index in [4.69, 9.17) is 9.47 Å². The van der Waals surface area contributed by atoms with E-state index in [-0.39, 0.29) is 0 Å². The van der Waals surface area contributed by atoms with Gasteiger partial charge in [0, 0.05) is 6.54 Å². The molecule has 3 aromatic rings. The van der Waals surface area contributed by atoms with Gasteiger partial charge in [0.1, 0.15) is 11.5 Å². The van der Waals surface area contributed by atoms with Crippen molar-refractivity contribution >= 4 is 17.5 Å². The summed E-state index contributed by atoms with van der Waals surface area (Å²) < 4.78 is 10.8. The quantitative estimate of drug-likeness (QED) is 0.641. The van der Waals surface area contributed by atoms with Crippen LogP contribution in [-0.2, 0) is 6.54 Å². The maximum Gasteiger partial charge on any atom is 0.249 e. The molecule has 0 saturated heterocycles. The molecule has 0 radical (unpaired) electrons. The molecule has 2 aromatic carbocycles. The Balaban J connectivity index is 1.66. The van der Waals surface area contributed by atoms with Crippen molar-refractivity contribution in [1.82, 2.24) is 15.2 Å². The molecule has 2 N–H and O–H groups in total. The number of anilines is 3. The Hall–Kier alpha value is -3.35. The van der Waals surface area contributed by atoms with Crippen LogP contribution in [0.15, 0.2) is 54.7 Å². The van der Waals surface area contributed by atoms with Crippen LogP contribution in [0.1, 0.15) is 12.5 Å². The number of methoxy groups -OCH3 is 1. The molecule has 26 heavy (non-hydrogen) atoms. The highest BCUT2D eigenvalue weighted by molar-refractivity contribution is 5.62. The molecule has 0 saturated carbocycles. The summed E-state index contributed by atoms with van der Waals surface area (Å²) in [7, 11) is 1.65. The molecule has 0 aliphatic heterocycles. The van der Waals surface area contributed by atoms with Crippen LogP contribution >= 0.6 is 0 Å². The van der Waals surface area contributed by atoms with E-state index < -0.39 is 0 Å². The van der Waals surface area contributed by atoms with Crippen molar-refractivity contribution in [3.05, 3.63) is 60.3 Å². The van der Waals surface area contributed by atoms with Gasteiger partial charge in [0.05, 0.1) is 25.6 Å². The fourth-order valence-corrected chi connectivity index (χ4v) is 2.35. The summed E-state index contributed by atoms with van der Waals surface area (Å²) in [6, 6.07) is 15.5. The summed E-state index contributed by atoms with van der Waals surface area (Å²) in [5, 5.41) is 14.4. The number of para-hydroxylation sites is 2. The minimum Gasteiger partial charge on any atom is -0.497 e. The van der Waals surface area contributed by atoms with Crippen molar-refractivity contribution in [2.45, 2.75) is 13.5 Å². The third-order valence-corrected chi connectivity index (χ3v) is 3.62. The number of benzene rings is 2. The van der Waals surface area contributed by atoms with Crippen LogP contribution in [0.4, 0.5) is 17.5 Å². The maximum absolute atomic E-state index is 5.60. The topological polar surface area (TPSA) is 81.2 Å². The molecule has 134 valence electrons. The van der Waals surface area contributed by atoms with Crippen LogP contribution in [-0.4, -0.2) is 28.9 Å². The zero-order valence-corrected chi connectivity index (χ0v) is 14.8. The Kier molecular flexibility index (Phi) is 5.82. The Morgan fingerprint density at radius 1 is 1.04 bits per heavy atom. The number of hydrogen-bond donors (Lipinski definition) is 2. The first kappa shape index (κ1) is 17.5. The lowest BCUT2D eigenvalue weighted by atomic mass is 10.2. The fourth-order valence-electron chi connectivity index (χ4n) is 2.35. The number of nitrogens with zero attached hydrogens (tertiary/aromatic N) is 3. The molecule has 0 aliphatic carbocycles. The second-order valence-electron chi connectivity index (χ2n) is 5.42. The molecule has 1 heterocycles. The molecule has 0 aliphatic rings. The van der Waals surface area contributed by atoms with E-state index in [1.54, 1.807) is 13.3 Å². The first-order chi connectivity index (χ1) is 12.8. The zero-order chi connectivity index (χ0) is 18.2. The summed E-state index contributed by atoms with van der Waals surface area (Å²) in [5.74, 6) is 2.61. The van der Waals surface area contributed by atoms with Gasteiger partial charge in [-0.3, -0.25) is 0 Å². The van der Waals surface area contributed by atoms with Gasteiger partial charge in [-0.2, -0.15) is 10.1 Å². The predicted octanol–water partition coefficient (Wildman–Crippen LogP) is 3.63. The van der Waals surface area contributed by atoms with Crippen molar-refractivity contribution < 1.29 is 9.47 Å². The third-order valence-electron chi connectivity index (χ3n) is 3.62. The summed E-state index contributed by atoms with van der Waals surface area (Å²) in [4.78, 5) is 4.44. The molecule has 7 heteroatoms. The highest BCUT2D eigenvalue weighted by Crippen LogP contribution is 2.26. The summed E-state index contributed by atoms with van der Waals surface area (Å²) in [5.41, 5.74) is 1.91. The normalized spacial score (nSPS) is 10.2. The highest BCUT2D eigenvalue weighted by Gasteiger charge is 2.06. The molecular weight excluding hydrogens is 330 g/mol. The number of ether oxygens (including phenoxy) is 2. The number of hydrogen-bond acceptors (Lipinski definition) is 7. The van der Waals surface area contributed by atoms with Gasteiger partial charge in [-0.05, 0) is 36.8 Å². The second kappa shape index (κ2) is 8.66. The van der Waals surface area contributed by atoms with E-state index in [2.05, 4.69) is 25.8 Å². The number of rotatable bonds is 8. The highest BCUT2D eigenvalue weighted by atomic mass is 16.5. The van der Waals surface area contributed by atoms with Gasteiger partial charge in [0.25, 0.3) is 0 Å². The average Bonchev–Trinajstić information content (AvgIpc) is 2.69. The first-order valence-electron chi connectivity index (χ1n) is 8.34. The molecule has 0 bridgehead atoms. The third kappa shape index (κ3) is 4.60. The van der Waals surface area contributed by atoms with E-state index in [0.717, 1.165) is 22.7 Å². The lowest BCUT2D eigenvalue weighted by Gasteiger charge is -2.11. The van der Waals surface area contributed by atoms with E-state index in [1.165, 1.54) is 0 Å². The average molecular weight is 351 g/mol. The van der Waals surface area contributed by atoms with Gasteiger partial charge in [0.2, 0.25) is 5.95 Å². The summed E-state index contributed by atoms with van der Waals surface area (Å²) >= 11 is 0. The van der Waals surface area contributed by atoms with E-state index >= 15 is 0 Å². The van der Waals surface area contributed by atoms with Crippen molar-refractivity contribution in [2.75, 3.05) is 24.4 Å². The van der Waals surface area contributed by atoms with Crippen LogP contribution in [0.2, 0.25) is 0 Å². The van der Waals surface area contributed by atoms with Crippen molar-refractivity contribution in [1.29, 1.82) is 0 Å². The Morgan fingerprint density at radius 2 is 1.85 bits per heavy atom. The molecule has 1 aromatic heterocycles. The zero-order valence-electron chi connectivity index (χ0n) is 14.8. The molecule has 3 rings (SSSR count). The van der Waals surface area contributed by atoms with Gasteiger partial charge in [-0.1, -0.05) is 24.3 Å². The SMILES string of the molecule is CCOc1ccccc1Nc1nncc(NCc2ccc(OC)cc2)n1. The van der Waals surface area contributed by atoms with E-state index in [0.29, 0.717) is 24.9 Å². The Bertz CT molecular complexity index is 839. The van der Waals surface area contributed by atoms with Crippen molar-refractivity contribution in [3.8, 4) is 11.5 Å². The van der Waals surface area contributed by atoms with Crippen LogP contribution in [0.25, 0.3) is 0 Å². The maximum atomic E-state index is 5.60.